The first kappa shape index (κ1) is 10.2. The van der Waals surface area contributed by atoms with E-state index in [2.05, 4.69) is 0 Å². The number of aliphatic hydroxyl groups excluding tert-OH is 1. The molecule has 1 aromatic rings. The number of nitrogens with two attached hydrogens (primary N) is 1. The molecule has 2 nitrogen and oxygen atoms in total. The molecular weight excluding hydrogens is 169 g/mol. The Morgan fingerprint density at radius 1 is 1.46 bits per heavy atom. The number of benzene rings is 1. The lowest BCUT2D eigenvalue weighted by Crippen LogP contribution is -2.12. The number of halogens is 1. The minimum Gasteiger partial charge on any atom is -0.396 e. The Bertz CT molecular complexity index is 268. The number of rotatable bonds is 3. The molecule has 13 heavy (non-hydrogen) atoms. The summed E-state index contributed by atoms with van der Waals surface area (Å²) in [5.41, 5.74) is 7.31. The topological polar surface area (TPSA) is 46.2 Å². The van der Waals surface area contributed by atoms with Gasteiger partial charge in [-0.05, 0) is 36.6 Å². The summed E-state index contributed by atoms with van der Waals surface area (Å²) in [4.78, 5) is 0. The number of hydrogen-bond donors (Lipinski definition) is 2. The molecular formula is C10H14FNO. The number of aryl methyl sites for hydroxylation is 1. The monoisotopic (exact) mass is 183 g/mol. The van der Waals surface area contributed by atoms with Crippen LogP contribution in [0.4, 0.5) is 4.39 Å². The van der Waals surface area contributed by atoms with Crippen molar-refractivity contribution < 1.29 is 9.50 Å². The minimum atomic E-state index is -0.278. The van der Waals surface area contributed by atoms with Gasteiger partial charge in [-0.3, -0.25) is 0 Å². The summed E-state index contributed by atoms with van der Waals surface area (Å²) >= 11 is 0. The average molecular weight is 183 g/mol. The van der Waals surface area contributed by atoms with Crippen LogP contribution in [0.3, 0.4) is 0 Å². The fourth-order valence-corrected chi connectivity index (χ4v) is 1.28. The fourth-order valence-electron chi connectivity index (χ4n) is 1.28. The molecule has 1 atom stereocenters. The van der Waals surface area contributed by atoms with Crippen LogP contribution >= 0.6 is 0 Å². The molecule has 0 aliphatic heterocycles. The first-order valence-electron chi connectivity index (χ1n) is 4.27. The standard InChI is InChI=1S/C10H14FNO/c1-7-4-8(6-9(11)5-7)10(12)2-3-13/h4-6,10,13H,2-3,12H2,1H3/t10-/m1/s1. The Morgan fingerprint density at radius 3 is 2.69 bits per heavy atom. The first-order chi connectivity index (χ1) is 6.13. The van der Waals surface area contributed by atoms with E-state index in [0.717, 1.165) is 11.1 Å². The van der Waals surface area contributed by atoms with Crippen LogP contribution in [0, 0.1) is 12.7 Å². The van der Waals surface area contributed by atoms with Crippen LogP contribution in [-0.4, -0.2) is 11.7 Å². The van der Waals surface area contributed by atoms with E-state index in [1.807, 2.05) is 13.0 Å². The summed E-state index contributed by atoms with van der Waals surface area (Å²) < 4.78 is 12.9. The van der Waals surface area contributed by atoms with Gasteiger partial charge in [0, 0.05) is 12.6 Å². The van der Waals surface area contributed by atoms with Crippen LogP contribution in [0.1, 0.15) is 23.6 Å². The van der Waals surface area contributed by atoms with Crippen LogP contribution in [0.15, 0.2) is 18.2 Å². The molecule has 0 spiro atoms. The van der Waals surface area contributed by atoms with E-state index in [-0.39, 0.29) is 18.5 Å². The van der Waals surface area contributed by atoms with E-state index in [9.17, 15) is 4.39 Å². The molecule has 0 aliphatic carbocycles. The van der Waals surface area contributed by atoms with Crippen LogP contribution < -0.4 is 5.73 Å². The molecule has 3 heteroatoms. The van der Waals surface area contributed by atoms with Gasteiger partial charge in [-0.1, -0.05) is 6.07 Å². The van der Waals surface area contributed by atoms with E-state index in [4.69, 9.17) is 10.8 Å². The third-order valence-electron chi connectivity index (χ3n) is 1.93. The minimum absolute atomic E-state index is 0.0245. The molecule has 1 rings (SSSR count). The van der Waals surface area contributed by atoms with Crippen LogP contribution in [0.5, 0.6) is 0 Å². The zero-order valence-corrected chi connectivity index (χ0v) is 7.63. The highest BCUT2D eigenvalue weighted by Crippen LogP contribution is 2.16. The maximum atomic E-state index is 12.9. The maximum absolute atomic E-state index is 12.9. The lowest BCUT2D eigenvalue weighted by atomic mass is 10.0. The summed E-state index contributed by atoms with van der Waals surface area (Å²) in [6.07, 6.45) is 0.461. The lowest BCUT2D eigenvalue weighted by molar-refractivity contribution is 0.276. The van der Waals surface area contributed by atoms with Gasteiger partial charge in [0.25, 0.3) is 0 Å². The molecule has 0 unspecified atom stereocenters. The van der Waals surface area contributed by atoms with E-state index >= 15 is 0 Å². The molecule has 0 amide bonds. The zero-order chi connectivity index (χ0) is 9.84. The van der Waals surface area contributed by atoms with Gasteiger partial charge in [0.05, 0.1) is 0 Å². The molecule has 0 aromatic heterocycles. The molecule has 0 fully saturated rings. The third-order valence-corrected chi connectivity index (χ3v) is 1.93. The Labute approximate surface area is 77.2 Å². The molecule has 0 radical (unpaired) electrons. The van der Waals surface area contributed by atoms with Crippen molar-refractivity contribution in [3.63, 3.8) is 0 Å². The predicted molar refractivity (Wildman–Crippen MR) is 49.8 cm³/mol. The van der Waals surface area contributed by atoms with Crippen molar-refractivity contribution in [3.8, 4) is 0 Å². The molecule has 0 saturated heterocycles. The summed E-state index contributed by atoms with van der Waals surface area (Å²) in [5, 5.41) is 8.66. The molecule has 0 heterocycles. The van der Waals surface area contributed by atoms with Gasteiger partial charge in [-0.2, -0.15) is 0 Å². The van der Waals surface area contributed by atoms with Crippen LogP contribution in [-0.2, 0) is 0 Å². The number of hydrogen-bond acceptors (Lipinski definition) is 2. The molecule has 0 saturated carbocycles. The van der Waals surface area contributed by atoms with Crippen molar-refractivity contribution in [2.75, 3.05) is 6.61 Å². The van der Waals surface area contributed by atoms with E-state index in [1.165, 1.54) is 12.1 Å². The summed E-state index contributed by atoms with van der Waals surface area (Å²) in [5.74, 6) is -0.275. The van der Waals surface area contributed by atoms with Gasteiger partial charge < -0.3 is 10.8 Å². The van der Waals surface area contributed by atoms with Crippen molar-refractivity contribution in [2.24, 2.45) is 5.73 Å². The molecule has 0 bridgehead atoms. The first-order valence-corrected chi connectivity index (χ1v) is 4.27. The largest absolute Gasteiger partial charge is 0.396 e. The van der Waals surface area contributed by atoms with Gasteiger partial charge in [0.15, 0.2) is 0 Å². The Hall–Kier alpha value is -0.930. The lowest BCUT2D eigenvalue weighted by Gasteiger charge is -2.10. The van der Waals surface area contributed by atoms with Gasteiger partial charge in [-0.25, -0.2) is 4.39 Å². The van der Waals surface area contributed by atoms with Crippen LogP contribution in [0.2, 0.25) is 0 Å². The quantitative estimate of drug-likeness (QED) is 0.746. The molecule has 1 aromatic carbocycles. The Kier molecular flexibility index (Phi) is 3.39. The SMILES string of the molecule is Cc1cc(F)cc([C@H](N)CCO)c1. The van der Waals surface area contributed by atoms with E-state index < -0.39 is 0 Å². The third kappa shape index (κ3) is 2.79. The van der Waals surface area contributed by atoms with Crippen molar-refractivity contribution in [1.82, 2.24) is 0 Å². The molecule has 3 N–H and O–H groups in total. The predicted octanol–water partition coefficient (Wildman–Crippen LogP) is 1.52. The second kappa shape index (κ2) is 4.35. The van der Waals surface area contributed by atoms with Gasteiger partial charge in [0.1, 0.15) is 5.82 Å². The second-order valence-electron chi connectivity index (χ2n) is 3.18. The Balaban J connectivity index is 2.87. The molecule has 72 valence electrons. The Morgan fingerprint density at radius 2 is 2.15 bits per heavy atom. The van der Waals surface area contributed by atoms with E-state index in [1.54, 1.807) is 0 Å². The van der Waals surface area contributed by atoms with Crippen molar-refractivity contribution in [2.45, 2.75) is 19.4 Å². The summed E-state index contributed by atoms with van der Waals surface area (Å²) in [7, 11) is 0. The molecule has 0 aliphatic rings. The van der Waals surface area contributed by atoms with Crippen LogP contribution in [0.25, 0.3) is 0 Å². The highest BCUT2D eigenvalue weighted by molar-refractivity contribution is 5.25. The summed E-state index contributed by atoms with van der Waals surface area (Å²) in [6, 6.07) is 4.42. The van der Waals surface area contributed by atoms with Gasteiger partial charge in [-0.15, -0.1) is 0 Å². The smallest absolute Gasteiger partial charge is 0.123 e. The number of aliphatic hydroxyl groups is 1. The van der Waals surface area contributed by atoms with Crippen molar-refractivity contribution in [1.29, 1.82) is 0 Å². The average Bonchev–Trinajstić information content (AvgIpc) is 2.03. The fraction of sp³-hybridized carbons (Fsp3) is 0.400. The van der Waals surface area contributed by atoms with Gasteiger partial charge >= 0.3 is 0 Å². The zero-order valence-electron chi connectivity index (χ0n) is 7.63. The maximum Gasteiger partial charge on any atom is 0.123 e. The summed E-state index contributed by atoms with van der Waals surface area (Å²) in [6.45, 7) is 1.84. The van der Waals surface area contributed by atoms with Crippen molar-refractivity contribution >= 4 is 0 Å². The highest BCUT2D eigenvalue weighted by Gasteiger charge is 2.06. The van der Waals surface area contributed by atoms with Crippen molar-refractivity contribution in [3.05, 3.63) is 35.1 Å². The normalized spacial score (nSPS) is 12.9. The van der Waals surface area contributed by atoms with E-state index in [0.29, 0.717) is 6.42 Å². The second-order valence-corrected chi connectivity index (χ2v) is 3.18. The van der Waals surface area contributed by atoms with Gasteiger partial charge in [0.2, 0.25) is 0 Å². The highest BCUT2D eigenvalue weighted by atomic mass is 19.1.